The number of amides is 4. The van der Waals surface area contributed by atoms with Crippen LogP contribution in [0, 0.1) is 0 Å². The van der Waals surface area contributed by atoms with E-state index in [4.69, 9.17) is 35.3 Å². The van der Waals surface area contributed by atoms with Gasteiger partial charge in [-0.3, -0.25) is 24.5 Å². The van der Waals surface area contributed by atoms with Gasteiger partial charge in [-0.05, 0) is 29.7 Å². The van der Waals surface area contributed by atoms with E-state index < -0.39 is 47.7 Å². The van der Waals surface area contributed by atoms with Gasteiger partial charge in [-0.1, -0.05) is 40.7 Å². The smallest absolute Gasteiger partial charge is 0.348 e. The first-order valence-electron chi connectivity index (χ1n) is 10.5. The van der Waals surface area contributed by atoms with E-state index in [9.17, 15) is 28.0 Å². The van der Waals surface area contributed by atoms with Crippen molar-refractivity contribution < 1.29 is 28.0 Å². The second-order valence-corrected chi connectivity index (χ2v) is 8.74. The molecule has 4 amide bonds. The van der Waals surface area contributed by atoms with E-state index in [0.717, 1.165) is 12.1 Å². The third-order valence-electron chi connectivity index (χ3n) is 6.06. The van der Waals surface area contributed by atoms with Crippen LogP contribution in [-0.2, 0) is 33.4 Å². The molecule has 2 heterocycles. The number of carbonyl (C=O) groups excluding carboxylic acids is 4. The summed E-state index contributed by atoms with van der Waals surface area (Å²) in [7, 11) is 18.0. The second-order valence-electron chi connectivity index (χ2n) is 8.31. The lowest BCUT2D eigenvalue weighted by Crippen LogP contribution is -2.52. The fraction of sp³-hybridized carbons (Fsp3) is 0.273. The van der Waals surface area contributed by atoms with Crippen LogP contribution in [0.5, 0.6) is 0 Å². The Kier molecular flexibility index (Phi) is 6.53. The molecule has 0 bridgehead atoms. The third kappa shape index (κ3) is 4.47. The summed E-state index contributed by atoms with van der Waals surface area (Å²) in [6, 6.07) is 4.89. The quantitative estimate of drug-likeness (QED) is 0.468. The SMILES string of the molecule is [B]c1cc(CN([B])C(=O)C(F)(F)c2ccc(Cl)cc2)c([B])c2c1C(=O)N(C1CCC(=O)NC1=O)C2. The van der Waals surface area contributed by atoms with Crippen LogP contribution in [0.4, 0.5) is 8.78 Å². The number of piperidine rings is 1. The number of hydrogen-bond donors (Lipinski definition) is 1. The minimum atomic E-state index is -3.94. The highest BCUT2D eigenvalue weighted by Crippen LogP contribution is 2.31. The zero-order valence-electron chi connectivity index (χ0n) is 18.2. The minimum Gasteiger partial charge on any atom is -0.387 e. The predicted octanol–water partition coefficient (Wildman–Crippen LogP) is -0.107. The maximum Gasteiger partial charge on any atom is 0.348 e. The molecule has 35 heavy (non-hydrogen) atoms. The fourth-order valence-electron chi connectivity index (χ4n) is 4.22. The number of nitrogens with zero attached hydrogens (tertiary/aromatic N) is 2. The Morgan fingerprint density at radius 2 is 1.86 bits per heavy atom. The molecule has 0 spiro atoms. The minimum absolute atomic E-state index is 0.00527. The Morgan fingerprint density at radius 3 is 2.49 bits per heavy atom. The summed E-state index contributed by atoms with van der Waals surface area (Å²) in [6.07, 6.45) is 0.209. The number of nitrogens with one attached hydrogen (secondary N) is 1. The Labute approximate surface area is 208 Å². The van der Waals surface area contributed by atoms with Crippen LogP contribution >= 0.6 is 11.6 Å². The molecule has 4 rings (SSSR count). The highest BCUT2D eigenvalue weighted by molar-refractivity contribution is 6.41. The lowest BCUT2D eigenvalue weighted by molar-refractivity contribution is -0.154. The molecular formula is C22H15B3ClF2N3O4. The molecule has 0 aromatic heterocycles. The van der Waals surface area contributed by atoms with Crippen LogP contribution in [0.2, 0.25) is 5.02 Å². The monoisotopic (exact) mass is 491 g/mol. The van der Waals surface area contributed by atoms with Gasteiger partial charge in [-0.25, -0.2) is 0 Å². The topological polar surface area (TPSA) is 86.8 Å². The van der Waals surface area contributed by atoms with Crippen LogP contribution < -0.4 is 16.2 Å². The maximum absolute atomic E-state index is 14.7. The van der Waals surface area contributed by atoms with E-state index >= 15 is 0 Å². The highest BCUT2D eigenvalue weighted by atomic mass is 35.5. The number of benzene rings is 2. The van der Waals surface area contributed by atoms with Crippen LogP contribution in [0.1, 0.15) is 39.9 Å². The first kappa shape index (κ1) is 25.0. The largest absolute Gasteiger partial charge is 0.387 e. The van der Waals surface area contributed by atoms with Crippen LogP contribution in [0.15, 0.2) is 30.3 Å². The van der Waals surface area contributed by atoms with Crippen molar-refractivity contribution in [2.45, 2.75) is 37.9 Å². The summed E-state index contributed by atoms with van der Waals surface area (Å²) in [4.78, 5) is 50.7. The number of rotatable bonds is 5. The lowest BCUT2D eigenvalue weighted by Gasteiger charge is -2.29. The number of carbonyl (C=O) groups is 4. The van der Waals surface area contributed by atoms with Crippen molar-refractivity contribution in [1.82, 2.24) is 15.0 Å². The van der Waals surface area contributed by atoms with Crippen molar-refractivity contribution in [1.29, 1.82) is 0 Å². The van der Waals surface area contributed by atoms with Crippen molar-refractivity contribution >= 4 is 69.8 Å². The zero-order chi connectivity index (χ0) is 25.7. The average molecular weight is 491 g/mol. The summed E-state index contributed by atoms with van der Waals surface area (Å²) >= 11 is 5.72. The fourth-order valence-corrected chi connectivity index (χ4v) is 4.35. The summed E-state index contributed by atoms with van der Waals surface area (Å²) in [5, 5.41) is 2.42. The highest BCUT2D eigenvalue weighted by Gasteiger charge is 2.43. The van der Waals surface area contributed by atoms with Gasteiger partial charge in [0.2, 0.25) is 19.8 Å². The van der Waals surface area contributed by atoms with E-state index in [1.165, 1.54) is 23.1 Å². The number of imide groups is 1. The van der Waals surface area contributed by atoms with E-state index in [0.29, 0.717) is 10.4 Å². The molecule has 7 nitrogen and oxygen atoms in total. The van der Waals surface area contributed by atoms with Crippen LogP contribution in [0.3, 0.4) is 0 Å². The van der Waals surface area contributed by atoms with Gasteiger partial charge >= 0.3 is 5.92 Å². The standard InChI is InChI=1S/C22H15B3ClF2N3O4/c23-14-7-10(8-31(25)21(35)22(27,28)11-1-3-12(26)4-2-11)18(24)13-9-30(20(34)17(13)14)15-5-6-16(32)29-19(15)33/h1-4,7,15H,5-6,8-9H2,(H,29,32,33). The molecule has 13 heteroatoms. The molecule has 1 N–H and O–H groups in total. The molecule has 1 unspecified atom stereocenters. The molecule has 6 radical (unpaired) electrons. The normalized spacial score (nSPS) is 17.9. The van der Waals surface area contributed by atoms with Gasteiger partial charge < -0.3 is 9.71 Å². The van der Waals surface area contributed by atoms with Gasteiger partial charge in [0.1, 0.15) is 21.7 Å². The van der Waals surface area contributed by atoms with Gasteiger partial charge in [0.05, 0.1) is 0 Å². The maximum atomic E-state index is 14.7. The van der Waals surface area contributed by atoms with E-state index in [1.54, 1.807) is 0 Å². The van der Waals surface area contributed by atoms with Crippen molar-refractivity contribution in [2.75, 3.05) is 0 Å². The molecule has 1 fully saturated rings. The second kappa shape index (κ2) is 9.15. The Balaban J connectivity index is 1.57. The zero-order valence-corrected chi connectivity index (χ0v) is 18.9. The summed E-state index contributed by atoms with van der Waals surface area (Å²) < 4.78 is 29.4. The van der Waals surface area contributed by atoms with Gasteiger partial charge in [0, 0.05) is 35.7 Å². The molecule has 0 saturated carbocycles. The molecule has 2 aliphatic rings. The van der Waals surface area contributed by atoms with Crippen LogP contribution in [0.25, 0.3) is 0 Å². The van der Waals surface area contributed by atoms with E-state index in [2.05, 4.69) is 5.32 Å². The van der Waals surface area contributed by atoms with Gasteiger partial charge in [0.15, 0.2) is 0 Å². The molecule has 1 atom stereocenters. The summed E-state index contributed by atoms with van der Waals surface area (Å²) in [5.41, 5.74) is -0.0294. The van der Waals surface area contributed by atoms with Gasteiger partial charge in [0.25, 0.3) is 11.8 Å². The number of fused-ring (bicyclic) bond motifs is 1. The molecular weight excluding hydrogens is 476 g/mol. The third-order valence-corrected chi connectivity index (χ3v) is 6.31. The number of halogens is 3. The summed E-state index contributed by atoms with van der Waals surface area (Å²) in [6.45, 7) is -0.596. The number of alkyl halides is 2. The molecule has 2 aromatic rings. The first-order chi connectivity index (χ1) is 16.4. The molecule has 172 valence electrons. The molecule has 2 aromatic carbocycles. The Morgan fingerprint density at radius 1 is 1.20 bits per heavy atom. The Bertz CT molecular complexity index is 1260. The van der Waals surface area contributed by atoms with Crippen molar-refractivity contribution in [3.63, 3.8) is 0 Å². The van der Waals surface area contributed by atoms with Crippen molar-refractivity contribution in [3.05, 3.63) is 57.6 Å². The van der Waals surface area contributed by atoms with Crippen molar-refractivity contribution in [3.8, 4) is 0 Å². The summed E-state index contributed by atoms with van der Waals surface area (Å²) in [5.74, 6) is -7.20. The van der Waals surface area contributed by atoms with E-state index in [1.807, 2.05) is 0 Å². The average Bonchev–Trinajstić information content (AvgIpc) is 3.14. The van der Waals surface area contributed by atoms with Gasteiger partial charge in [-0.2, -0.15) is 8.78 Å². The van der Waals surface area contributed by atoms with E-state index in [-0.39, 0.29) is 46.5 Å². The van der Waals surface area contributed by atoms with Gasteiger partial charge in [-0.15, -0.1) is 0 Å². The van der Waals surface area contributed by atoms with Crippen molar-refractivity contribution in [2.24, 2.45) is 0 Å². The predicted molar refractivity (Wildman–Crippen MR) is 125 cm³/mol. The van der Waals surface area contributed by atoms with Crippen LogP contribution in [-0.4, -0.2) is 63.1 Å². The first-order valence-corrected chi connectivity index (χ1v) is 10.8. The molecule has 1 saturated heterocycles. The molecule has 0 aliphatic carbocycles. The molecule has 2 aliphatic heterocycles. The lowest BCUT2D eigenvalue weighted by atomic mass is 9.77. The Hall–Kier alpha value is -3.14. The number of hydrogen-bond acceptors (Lipinski definition) is 4.